The number of hydrogen-bond acceptors (Lipinski definition) is 4. The fourth-order valence-electron chi connectivity index (χ4n) is 3.72. The lowest BCUT2D eigenvalue weighted by molar-refractivity contribution is 0.221. The van der Waals surface area contributed by atoms with Crippen molar-refractivity contribution in [1.29, 1.82) is 0 Å². The summed E-state index contributed by atoms with van der Waals surface area (Å²) < 4.78 is 22.6. The summed E-state index contributed by atoms with van der Waals surface area (Å²) in [5.74, 6) is 0.735. The van der Waals surface area contributed by atoms with Crippen LogP contribution in [-0.2, 0) is 29.5 Å². The second-order valence-electron chi connectivity index (χ2n) is 7.94. The summed E-state index contributed by atoms with van der Waals surface area (Å²) in [7, 11) is -1.90. The van der Waals surface area contributed by atoms with E-state index in [0.29, 0.717) is 13.1 Å². The van der Waals surface area contributed by atoms with Crippen LogP contribution in [-0.4, -0.2) is 46.0 Å². The van der Waals surface area contributed by atoms with Crippen LogP contribution in [0.15, 0.2) is 58.4 Å². The van der Waals surface area contributed by atoms with Crippen molar-refractivity contribution in [1.82, 2.24) is 15.5 Å². The van der Waals surface area contributed by atoms with E-state index in [4.69, 9.17) is 5.14 Å². The maximum atomic E-state index is 11.3. The van der Waals surface area contributed by atoms with Gasteiger partial charge in [-0.15, -0.1) is 24.0 Å². The van der Waals surface area contributed by atoms with Crippen molar-refractivity contribution in [3.8, 4) is 0 Å². The molecule has 1 fully saturated rings. The van der Waals surface area contributed by atoms with E-state index in [9.17, 15) is 8.42 Å². The standard InChI is InChI=1S/C23H33N5O2S.HI/c1-25-23(26-14-13-19-9-11-22(12-10-19)31(24,29)30)27-17-20-5-7-21(8-6-20)18-28-15-3-2-4-16-28;/h5-12H,2-4,13-18H2,1H3,(H2,24,29,30)(H2,25,26,27);1H. The van der Waals surface area contributed by atoms with Gasteiger partial charge in [0.05, 0.1) is 4.90 Å². The van der Waals surface area contributed by atoms with E-state index in [2.05, 4.69) is 44.8 Å². The molecule has 32 heavy (non-hydrogen) atoms. The van der Waals surface area contributed by atoms with Crippen molar-refractivity contribution < 1.29 is 8.42 Å². The van der Waals surface area contributed by atoms with Crippen LogP contribution >= 0.6 is 24.0 Å². The highest BCUT2D eigenvalue weighted by atomic mass is 127. The van der Waals surface area contributed by atoms with Gasteiger partial charge in [-0.25, -0.2) is 13.6 Å². The minimum Gasteiger partial charge on any atom is -0.356 e. The quantitative estimate of drug-likeness (QED) is 0.257. The van der Waals surface area contributed by atoms with Crippen LogP contribution in [0.3, 0.4) is 0 Å². The van der Waals surface area contributed by atoms with Crippen LogP contribution in [0.25, 0.3) is 0 Å². The molecular weight excluding hydrogens is 537 g/mol. The minimum atomic E-state index is -3.65. The van der Waals surface area contributed by atoms with E-state index >= 15 is 0 Å². The van der Waals surface area contributed by atoms with Crippen molar-refractivity contribution in [2.24, 2.45) is 10.1 Å². The van der Waals surface area contributed by atoms with Gasteiger partial charge in [0.25, 0.3) is 0 Å². The molecule has 176 valence electrons. The first kappa shape index (κ1) is 26.6. The van der Waals surface area contributed by atoms with E-state index in [-0.39, 0.29) is 28.9 Å². The van der Waals surface area contributed by atoms with Gasteiger partial charge in [-0.05, 0) is 61.2 Å². The Labute approximate surface area is 208 Å². The molecule has 0 aliphatic carbocycles. The zero-order valence-corrected chi connectivity index (χ0v) is 21.7. The largest absolute Gasteiger partial charge is 0.356 e. The van der Waals surface area contributed by atoms with Gasteiger partial charge in [0.1, 0.15) is 0 Å². The van der Waals surface area contributed by atoms with Crippen molar-refractivity contribution in [2.75, 3.05) is 26.7 Å². The molecule has 1 aliphatic rings. The Morgan fingerprint density at radius 2 is 1.53 bits per heavy atom. The van der Waals surface area contributed by atoms with Crippen molar-refractivity contribution in [2.45, 2.75) is 43.7 Å². The second kappa shape index (κ2) is 13.1. The van der Waals surface area contributed by atoms with E-state index in [0.717, 1.165) is 24.5 Å². The van der Waals surface area contributed by atoms with Crippen molar-refractivity contribution in [3.63, 3.8) is 0 Å². The van der Waals surface area contributed by atoms with Crippen LogP contribution in [0, 0.1) is 0 Å². The number of nitrogens with one attached hydrogen (secondary N) is 2. The lowest BCUT2D eigenvalue weighted by atomic mass is 10.1. The van der Waals surface area contributed by atoms with E-state index in [1.54, 1.807) is 19.2 Å². The zero-order valence-electron chi connectivity index (χ0n) is 18.6. The molecule has 0 spiro atoms. The number of nitrogens with zero attached hydrogens (tertiary/aromatic N) is 2. The predicted molar refractivity (Wildman–Crippen MR) is 141 cm³/mol. The molecule has 0 radical (unpaired) electrons. The van der Waals surface area contributed by atoms with Gasteiger partial charge in [0.15, 0.2) is 5.96 Å². The molecule has 0 amide bonds. The summed E-state index contributed by atoms with van der Waals surface area (Å²) >= 11 is 0. The minimum absolute atomic E-state index is 0. The number of primary sulfonamides is 1. The second-order valence-corrected chi connectivity index (χ2v) is 9.51. The number of guanidine groups is 1. The average molecular weight is 572 g/mol. The molecule has 0 saturated carbocycles. The average Bonchev–Trinajstić information content (AvgIpc) is 2.77. The Morgan fingerprint density at radius 3 is 2.12 bits per heavy atom. The van der Waals surface area contributed by atoms with Crippen LogP contribution in [0.1, 0.15) is 36.0 Å². The Hall–Kier alpha value is -1.69. The van der Waals surface area contributed by atoms with Crippen LogP contribution in [0.5, 0.6) is 0 Å². The maximum Gasteiger partial charge on any atom is 0.238 e. The van der Waals surface area contributed by atoms with Gasteiger partial charge >= 0.3 is 0 Å². The molecule has 7 nitrogen and oxygen atoms in total. The molecule has 2 aromatic rings. The fraction of sp³-hybridized carbons (Fsp3) is 0.435. The number of halogens is 1. The molecule has 0 aromatic heterocycles. The molecule has 4 N–H and O–H groups in total. The summed E-state index contributed by atoms with van der Waals surface area (Å²) in [4.78, 5) is 6.93. The van der Waals surface area contributed by atoms with Gasteiger partial charge in [-0.3, -0.25) is 9.89 Å². The Kier molecular flexibility index (Phi) is 10.9. The molecule has 1 saturated heterocycles. The summed E-state index contributed by atoms with van der Waals surface area (Å²) in [6.07, 6.45) is 4.74. The smallest absolute Gasteiger partial charge is 0.238 e. The van der Waals surface area contributed by atoms with Crippen LogP contribution < -0.4 is 15.8 Å². The Bertz CT molecular complexity index is 957. The van der Waals surface area contributed by atoms with E-state index in [1.165, 1.54) is 55.6 Å². The van der Waals surface area contributed by atoms with E-state index in [1.807, 2.05) is 0 Å². The molecule has 0 atom stereocenters. The highest BCUT2D eigenvalue weighted by Gasteiger charge is 2.10. The van der Waals surface area contributed by atoms with E-state index < -0.39 is 10.0 Å². The number of sulfonamides is 1. The van der Waals surface area contributed by atoms with Gasteiger partial charge in [0, 0.05) is 26.7 Å². The normalized spacial score (nSPS) is 15.1. The van der Waals surface area contributed by atoms with Gasteiger partial charge in [-0.2, -0.15) is 0 Å². The molecular formula is C23H34IN5O2S. The summed E-state index contributed by atoms with van der Waals surface area (Å²) in [5.41, 5.74) is 3.60. The number of likely N-dealkylation sites (tertiary alicyclic amines) is 1. The third kappa shape index (κ3) is 8.68. The first-order chi connectivity index (χ1) is 14.9. The predicted octanol–water partition coefficient (Wildman–Crippen LogP) is 2.85. The van der Waals surface area contributed by atoms with Crippen LogP contribution in [0.2, 0.25) is 0 Å². The number of benzene rings is 2. The fourth-order valence-corrected chi connectivity index (χ4v) is 4.23. The highest BCUT2D eigenvalue weighted by Crippen LogP contribution is 2.13. The first-order valence-electron chi connectivity index (χ1n) is 10.8. The highest BCUT2D eigenvalue weighted by molar-refractivity contribution is 14.0. The van der Waals surface area contributed by atoms with Crippen LogP contribution in [0.4, 0.5) is 0 Å². The lowest BCUT2D eigenvalue weighted by Crippen LogP contribution is -2.37. The monoisotopic (exact) mass is 571 g/mol. The van der Waals surface area contributed by atoms with Gasteiger partial charge < -0.3 is 10.6 Å². The van der Waals surface area contributed by atoms with Crippen molar-refractivity contribution in [3.05, 3.63) is 65.2 Å². The zero-order chi connectivity index (χ0) is 22.1. The molecule has 0 unspecified atom stereocenters. The summed E-state index contributed by atoms with van der Waals surface area (Å²) in [6.45, 7) is 4.84. The molecule has 1 heterocycles. The number of aliphatic imine (C=N–C) groups is 1. The number of piperidine rings is 1. The molecule has 2 aromatic carbocycles. The Morgan fingerprint density at radius 1 is 0.938 bits per heavy atom. The summed E-state index contributed by atoms with van der Waals surface area (Å²) in [5, 5.41) is 11.8. The molecule has 3 rings (SSSR count). The third-order valence-corrected chi connectivity index (χ3v) is 6.45. The lowest BCUT2D eigenvalue weighted by Gasteiger charge is -2.26. The molecule has 0 bridgehead atoms. The number of nitrogens with two attached hydrogens (primary N) is 1. The number of rotatable bonds is 8. The molecule has 9 heteroatoms. The van der Waals surface area contributed by atoms with Crippen molar-refractivity contribution >= 4 is 40.0 Å². The number of hydrogen-bond donors (Lipinski definition) is 3. The van der Waals surface area contributed by atoms with Gasteiger partial charge in [0.2, 0.25) is 10.0 Å². The molecule has 1 aliphatic heterocycles. The summed E-state index contributed by atoms with van der Waals surface area (Å²) in [6, 6.07) is 15.4. The first-order valence-corrected chi connectivity index (χ1v) is 12.3. The topological polar surface area (TPSA) is 99.8 Å². The Balaban J connectivity index is 0.00000363. The third-order valence-electron chi connectivity index (χ3n) is 5.52. The SMILES string of the molecule is CN=C(NCCc1ccc(S(N)(=O)=O)cc1)NCc1ccc(CN2CCCCC2)cc1.I. The maximum absolute atomic E-state index is 11.3. The van der Waals surface area contributed by atoms with Gasteiger partial charge in [-0.1, -0.05) is 42.8 Å².